The van der Waals surface area contributed by atoms with Gasteiger partial charge in [0.1, 0.15) is 12.1 Å². The lowest BCUT2D eigenvalue weighted by Crippen LogP contribution is -2.43. The third kappa shape index (κ3) is 10.4. The van der Waals surface area contributed by atoms with Crippen LogP contribution in [0.25, 0.3) is 0 Å². The molecule has 0 aromatic heterocycles. The molecule has 5 atom stereocenters. The van der Waals surface area contributed by atoms with Crippen LogP contribution in [0.2, 0.25) is 0 Å². The van der Waals surface area contributed by atoms with Crippen molar-refractivity contribution in [3.05, 3.63) is 0 Å². The summed E-state index contributed by atoms with van der Waals surface area (Å²) in [6.07, 6.45) is 7.15. The van der Waals surface area contributed by atoms with Crippen molar-refractivity contribution in [1.29, 1.82) is 0 Å². The second-order valence-electron chi connectivity index (χ2n) is 9.93. The third-order valence-corrected chi connectivity index (χ3v) is 12.7. The van der Waals surface area contributed by atoms with Gasteiger partial charge in [-0.1, -0.05) is 83.2 Å². The highest BCUT2D eigenvalue weighted by atomic mass is 33.1. The first kappa shape index (κ1) is 32.5. The van der Waals surface area contributed by atoms with Crippen LogP contribution in [0.4, 0.5) is 0 Å². The van der Waals surface area contributed by atoms with Crippen molar-refractivity contribution < 1.29 is 29.4 Å². The van der Waals surface area contributed by atoms with Gasteiger partial charge in [0, 0.05) is 47.4 Å². The van der Waals surface area contributed by atoms with Gasteiger partial charge in [0.15, 0.2) is 0 Å². The number of carboxylic acids is 2. The molecule has 2 heterocycles. The van der Waals surface area contributed by atoms with Gasteiger partial charge in [-0.05, 0) is 32.1 Å². The van der Waals surface area contributed by atoms with E-state index in [1.165, 1.54) is 16.2 Å². The SMILES string of the molecule is CCCCCC(CSSCC(C)C(=O)N1CCCC1C(=O)O)SSCC(C)C(=O)N1CCCC1C(=O)O. The molecule has 2 fully saturated rings. The lowest BCUT2D eigenvalue weighted by Gasteiger charge is -2.25. The zero-order chi connectivity index (χ0) is 27.4. The number of hydrogen-bond acceptors (Lipinski definition) is 8. The number of likely N-dealkylation sites (tertiary alicyclic amines) is 2. The third-order valence-electron chi connectivity index (χ3n) is 6.79. The normalized spacial score (nSPS) is 22.1. The lowest BCUT2D eigenvalue weighted by molar-refractivity contribution is -0.149. The molecule has 2 amide bonds. The lowest BCUT2D eigenvalue weighted by atomic mass is 10.1. The van der Waals surface area contributed by atoms with Crippen LogP contribution in [-0.4, -0.2) is 91.4 Å². The molecule has 0 aliphatic carbocycles. The zero-order valence-electron chi connectivity index (χ0n) is 22.1. The average Bonchev–Trinajstić information content (AvgIpc) is 3.55. The molecule has 2 N–H and O–H groups in total. The molecular formula is C25H42N2O6S4. The van der Waals surface area contributed by atoms with E-state index >= 15 is 0 Å². The Hall–Kier alpha value is -0.720. The maximum Gasteiger partial charge on any atom is 0.326 e. The fourth-order valence-electron chi connectivity index (χ4n) is 4.58. The number of amides is 2. The topological polar surface area (TPSA) is 115 Å². The van der Waals surface area contributed by atoms with E-state index in [1.54, 1.807) is 32.4 Å². The van der Waals surface area contributed by atoms with E-state index in [0.29, 0.717) is 42.7 Å². The van der Waals surface area contributed by atoms with Crippen LogP contribution in [0.1, 0.15) is 72.1 Å². The summed E-state index contributed by atoms with van der Waals surface area (Å²) in [5.41, 5.74) is 0. The molecule has 8 nitrogen and oxygen atoms in total. The Bertz CT molecular complexity index is 773. The van der Waals surface area contributed by atoms with Crippen molar-refractivity contribution in [3.8, 4) is 0 Å². The average molecular weight is 595 g/mol. The number of carbonyl (C=O) groups is 4. The minimum atomic E-state index is -0.914. The number of nitrogens with zero attached hydrogens (tertiary/aromatic N) is 2. The molecule has 0 spiro atoms. The molecule has 0 radical (unpaired) electrons. The van der Waals surface area contributed by atoms with E-state index in [9.17, 15) is 29.4 Å². The molecule has 0 aromatic rings. The Labute approximate surface area is 237 Å². The number of carbonyl (C=O) groups excluding carboxylic acids is 2. The van der Waals surface area contributed by atoms with Gasteiger partial charge in [-0.2, -0.15) is 0 Å². The summed E-state index contributed by atoms with van der Waals surface area (Å²) in [5.74, 6) is -0.154. The standard InChI is InChI=1S/C25H42N2O6S4/c1-4-5-6-9-19(37-36-15-18(3)23(29)27-13-8-11-21(27)25(32)33)16-35-34-14-17(2)22(28)26-12-7-10-20(26)24(30)31/h17-21H,4-16H2,1-3H3,(H,30,31)(H,32,33). The number of hydrogen-bond donors (Lipinski definition) is 2. The summed E-state index contributed by atoms with van der Waals surface area (Å²) >= 11 is 0. The molecule has 5 unspecified atom stereocenters. The van der Waals surface area contributed by atoms with Crippen LogP contribution in [0.3, 0.4) is 0 Å². The molecule has 37 heavy (non-hydrogen) atoms. The first-order valence-electron chi connectivity index (χ1n) is 13.3. The molecule has 2 rings (SSSR count). The van der Waals surface area contributed by atoms with Gasteiger partial charge in [-0.3, -0.25) is 9.59 Å². The van der Waals surface area contributed by atoms with Gasteiger partial charge in [-0.25, -0.2) is 9.59 Å². The van der Waals surface area contributed by atoms with E-state index in [4.69, 9.17) is 0 Å². The summed E-state index contributed by atoms with van der Waals surface area (Å²) < 4.78 is 0. The molecule has 212 valence electrons. The van der Waals surface area contributed by atoms with E-state index in [1.807, 2.05) is 24.6 Å². The fourth-order valence-corrected chi connectivity index (χ4v) is 10.9. The Balaban J connectivity index is 1.74. The highest BCUT2D eigenvalue weighted by Gasteiger charge is 2.36. The first-order valence-corrected chi connectivity index (χ1v) is 18.1. The molecule has 2 aliphatic heterocycles. The number of aliphatic carboxylic acids is 2. The fraction of sp³-hybridized carbons (Fsp3) is 0.840. The maximum absolute atomic E-state index is 12.8. The molecular weight excluding hydrogens is 553 g/mol. The molecule has 12 heteroatoms. The van der Waals surface area contributed by atoms with Crippen molar-refractivity contribution in [2.45, 2.75) is 89.5 Å². The Morgan fingerprint density at radius 2 is 1.27 bits per heavy atom. The number of unbranched alkanes of at least 4 members (excludes halogenated alkanes) is 2. The summed E-state index contributed by atoms with van der Waals surface area (Å²) in [5, 5.41) is 19.1. The van der Waals surface area contributed by atoms with Crippen LogP contribution < -0.4 is 0 Å². The predicted octanol–water partition coefficient (Wildman–Crippen LogP) is 5.12. The summed E-state index contributed by atoms with van der Waals surface area (Å²) in [6, 6.07) is -1.36. The van der Waals surface area contributed by atoms with Gasteiger partial charge in [-0.15, -0.1) is 0 Å². The Morgan fingerprint density at radius 1 is 0.784 bits per heavy atom. The van der Waals surface area contributed by atoms with Gasteiger partial charge in [0.2, 0.25) is 11.8 Å². The largest absolute Gasteiger partial charge is 0.480 e. The van der Waals surface area contributed by atoms with Gasteiger partial charge in [0.25, 0.3) is 0 Å². The van der Waals surface area contributed by atoms with Gasteiger partial charge in [0.05, 0.1) is 0 Å². The second kappa shape index (κ2) is 17.1. The monoisotopic (exact) mass is 594 g/mol. The summed E-state index contributed by atoms with van der Waals surface area (Å²) in [7, 11) is 6.94. The molecule has 2 saturated heterocycles. The Kier molecular flexibility index (Phi) is 15.0. The smallest absolute Gasteiger partial charge is 0.326 e. The van der Waals surface area contributed by atoms with Crippen LogP contribution >= 0.6 is 43.2 Å². The van der Waals surface area contributed by atoms with Crippen molar-refractivity contribution in [1.82, 2.24) is 9.80 Å². The predicted molar refractivity (Wildman–Crippen MR) is 156 cm³/mol. The van der Waals surface area contributed by atoms with Crippen LogP contribution in [0.5, 0.6) is 0 Å². The van der Waals surface area contributed by atoms with Crippen molar-refractivity contribution in [3.63, 3.8) is 0 Å². The van der Waals surface area contributed by atoms with Crippen molar-refractivity contribution in [2.24, 2.45) is 11.8 Å². The quantitative estimate of drug-likeness (QED) is 0.174. The number of rotatable bonds is 17. The highest BCUT2D eigenvalue weighted by Crippen LogP contribution is 2.37. The van der Waals surface area contributed by atoms with Crippen LogP contribution in [0.15, 0.2) is 0 Å². The molecule has 2 aliphatic rings. The van der Waals surface area contributed by atoms with E-state index in [0.717, 1.165) is 37.9 Å². The molecule has 0 bridgehead atoms. The van der Waals surface area contributed by atoms with Crippen molar-refractivity contribution in [2.75, 3.05) is 30.3 Å². The summed E-state index contributed by atoms with van der Waals surface area (Å²) in [6.45, 7) is 7.01. The van der Waals surface area contributed by atoms with E-state index < -0.39 is 24.0 Å². The van der Waals surface area contributed by atoms with Gasteiger partial charge >= 0.3 is 11.9 Å². The highest BCUT2D eigenvalue weighted by molar-refractivity contribution is 8.78. The zero-order valence-corrected chi connectivity index (χ0v) is 25.4. The van der Waals surface area contributed by atoms with Crippen LogP contribution in [0, 0.1) is 11.8 Å². The first-order chi connectivity index (χ1) is 17.7. The number of carboxylic acid groups (broad SMARTS) is 2. The minimum Gasteiger partial charge on any atom is -0.480 e. The molecule has 0 saturated carbocycles. The van der Waals surface area contributed by atoms with Crippen molar-refractivity contribution >= 4 is 66.9 Å². The molecule has 0 aromatic carbocycles. The Morgan fingerprint density at radius 3 is 1.76 bits per heavy atom. The maximum atomic E-state index is 12.8. The van der Waals surface area contributed by atoms with Crippen LogP contribution in [-0.2, 0) is 19.2 Å². The van der Waals surface area contributed by atoms with Gasteiger partial charge < -0.3 is 20.0 Å². The van der Waals surface area contributed by atoms with E-state index in [2.05, 4.69) is 6.92 Å². The minimum absolute atomic E-state index is 0.0627. The summed E-state index contributed by atoms with van der Waals surface area (Å²) in [4.78, 5) is 51.4. The van der Waals surface area contributed by atoms with E-state index in [-0.39, 0.29) is 23.7 Å². The second-order valence-corrected chi connectivity index (χ2v) is 15.2.